The summed E-state index contributed by atoms with van der Waals surface area (Å²) in [6.07, 6.45) is 0.167. The first-order valence-electron chi connectivity index (χ1n) is 9.36. The Morgan fingerprint density at radius 2 is 1.87 bits per heavy atom. The Labute approximate surface area is 174 Å². The fourth-order valence-electron chi connectivity index (χ4n) is 2.25. The van der Waals surface area contributed by atoms with E-state index in [1.54, 1.807) is 19.1 Å². The van der Waals surface area contributed by atoms with Gasteiger partial charge in [0.05, 0.1) is 19.1 Å². The Morgan fingerprint density at radius 3 is 2.50 bits per heavy atom. The van der Waals surface area contributed by atoms with E-state index in [0.29, 0.717) is 0 Å². The molecule has 0 bridgehead atoms. The first kappa shape index (κ1) is 24.6. The zero-order chi connectivity index (χ0) is 22.4. The first-order valence-corrected chi connectivity index (χ1v) is 9.36. The maximum absolute atomic E-state index is 12.0. The van der Waals surface area contributed by atoms with Gasteiger partial charge in [0.15, 0.2) is 0 Å². The molecule has 30 heavy (non-hydrogen) atoms. The Balaban J connectivity index is 2.34. The van der Waals surface area contributed by atoms with Gasteiger partial charge in [0.1, 0.15) is 12.6 Å². The van der Waals surface area contributed by atoms with Crippen molar-refractivity contribution in [3.63, 3.8) is 0 Å². The molecular weight excluding hydrogens is 394 g/mol. The van der Waals surface area contributed by atoms with Crippen molar-refractivity contribution >= 4 is 23.9 Å². The number of rotatable bonds is 12. The molecule has 2 atom stereocenters. The third-order valence-corrected chi connectivity index (χ3v) is 3.71. The summed E-state index contributed by atoms with van der Waals surface area (Å²) in [5, 5.41) is 14.6. The van der Waals surface area contributed by atoms with Gasteiger partial charge >= 0.3 is 12.1 Å². The van der Waals surface area contributed by atoms with Crippen molar-refractivity contribution in [1.29, 1.82) is 0 Å². The van der Waals surface area contributed by atoms with Gasteiger partial charge in [-0.05, 0) is 18.9 Å². The highest BCUT2D eigenvalue weighted by molar-refractivity contribution is 5.87. The molecule has 0 aliphatic heterocycles. The summed E-state index contributed by atoms with van der Waals surface area (Å²) in [7, 11) is 0. The topological polar surface area (TPSA) is 157 Å². The predicted molar refractivity (Wildman–Crippen MR) is 107 cm³/mol. The number of hydrogen-bond acceptors (Lipinski definition) is 7. The fraction of sp³-hybridized carbons (Fsp3) is 0.400. The van der Waals surface area contributed by atoms with Gasteiger partial charge in [0.25, 0.3) is 0 Å². The standard InChI is InChI=1S/C20H27N3O7/c1-2-29-18(26)10-6-9-16(19(21)27)23-17(25)11-15(24)12-22-20(28)30-13-14-7-4-3-5-8-14/h3-8,10,15-16,24H,2,9,11-13H2,1H3,(H2,21,27)(H,22,28)(H,23,25)/b10-6+/t15-,16+/m1/s1. The first-order chi connectivity index (χ1) is 14.3. The SMILES string of the molecule is CCOC(=O)/C=C/C[C@H](NC(=O)C[C@@H](O)CNC(=O)OCc1ccccc1)C(N)=O. The summed E-state index contributed by atoms with van der Waals surface area (Å²) in [5.74, 6) is -2.02. The molecule has 1 aromatic carbocycles. The molecule has 0 aromatic heterocycles. The van der Waals surface area contributed by atoms with Crippen LogP contribution in [0.5, 0.6) is 0 Å². The molecule has 0 aliphatic rings. The Bertz CT molecular complexity index is 737. The van der Waals surface area contributed by atoms with Gasteiger partial charge in [-0.2, -0.15) is 0 Å². The average molecular weight is 421 g/mol. The third-order valence-electron chi connectivity index (χ3n) is 3.71. The number of hydrogen-bond donors (Lipinski definition) is 4. The van der Waals surface area contributed by atoms with E-state index >= 15 is 0 Å². The van der Waals surface area contributed by atoms with E-state index in [1.165, 1.54) is 6.08 Å². The summed E-state index contributed by atoms with van der Waals surface area (Å²) in [5.41, 5.74) is 6.04. The molecule has 0 saturated carbocycles. The van der Waals surface area contributed by atoms with E-state index in [1.807, 2.05) is 18.2 Å². The van der Waals surface area contributed by atoms with Crippen molar-refractivity contribution < 1.29 is 33.8 Å². The number of primary amides is 1. The lowest BCUT2D eigenvalue weighted by molar-refractivity contribution is -0.137. The second-order valence-corrected chi connectivity index (χ2v) is 6.21. The number of aliphatic hydroxyl groups excluding tert-OH is 1. The molecule has 3 amide bonds. The highest BCUT2D eigenvalue weighted by Gasteiger charge is 2.19. The van der Waals surface area contributed by atoms with Crippen LogP contribution in [-0.4, -0.2) is 54.3 Å². The fourth-order valence-corrected chi connectivity index (χ4v) is 2.25. The summed E-state index contributed by atoms with van der Waals surface area (Å²) in [6.45, 7) is 1.72. The second kappa shape index (κ2) is 13.7. The van der Waals surface area contributed by atoms with Crippen LogP contribution in [0.4, 0.5) is 4.79 Å². The lowest BCUT2D eigenvalue weighted by atomic mass is 10.1. The lowest BCUT2D eigenvalue weighted by Gasteiger charge is -2.16. The van der Waals surface area contributed by atoms with Crippen LogP contribution in [0.3, 0.4) is 0 Å². The van der Waals surface area contributed by atoms with Crippen LogP contribution in [0.2, 0.25) is 0 Å². The van der Waals surface area contributed by atoms with Crippen LogP contribution in [-0.2, 0) is 30.5 Å². The number of nitrogens with one attached hydrogen (secondary N) is 2. The van der Waals surface area contributed by atoms with E-state index in [-0.39, 0.29) is 32.6 Å². The molecule has 1 rings (SSSR count). The summed E-state index contributed by atoms with van der Waals surface area (Å²) in [6, 6.07) is 7.99. The minimum Gasteiger partial charge on any atom is -0.463 e. The van der Waals surface area contributed by atoms with Crippen LogP contribution < -0.4 is 16.4 Å². The molecule has 0 unspecified atom stereocenters. The largest absolute Gasteiger partial charge is 0.463 e. The maximum Gasteiger partial charge on any atom is 0.407 e. The zero-order valence-electron chi connectivity index (χ0n) is 16.7. The highest BCUT2D eigenvalue weighted by Crippen LogP contribution is 2.01. The number of benzene rings is 1. The molecule has 10 nitrogen and oxygen atoms in total. The number of nitrogens with two attached hydrogens (primary N) is 1. The quantitative estimate of drug-likeness (QED) is 0.276. The van der Waals surface area contributed by atoms with E-state index in [4.69, 9.17) is 15.2 Å². The number of ether oxygens (including phenoxy) is 2. The van der Waals surface area contributed by atoms with Gasteiger partial charge in [0, 0.05) is 12.6 Å². The molecule has 5 N–H and O–H groups in total. The number of alkyl carbamates (subject to hydrolysis) is 1. The van der Waals surface area contributed by atoms with Gasteiger partial charge in [-0.15, -0.1) is 0 Å². The monoisotopic (exact) mass is 421 g/mol. The van der Waals surface area contributed by atoms with Crippen molar-refractivity contribution in [3.05, 3.63) is 48.0 Å². The van der Waals surface area contributed by atoms with Gasteiger partial charge in [-0.25, -0.2) is 9.59 Å². The summed E-state index contributed by atoms with van der Waals surface area (Å²) < 4.78 is 9.69. The van der Waals surface area contributed by atoms with Crippen LogP contribution in [0.25, 0.3) is 0 Å². The smallest absolute Gasteiger partial charge is 0.407 e. The normalized spacial score (nSPS) is 12.6. The summed E-state index contributed by atoms with van der Waals surface area (Å²) in [4.78, 5) is 46.3. The average Bonchev–Trinajstić information content (AvgIpc) is 2.70. The molecule has 164 valence electrons. The molecule has 0 aliphatic carbocycles. The highest BCUT2D eigenvalue weighted by atomic mass is 16.5. The summed E-state index contributed by atoms with van der Waals surface area (Å²) >= 11 is 0. The molecule has 0 spiro atoms. The number of amides is 3. The van der Waals surface area contributed by atoms with E-state index < -0.39 is 36.0 Å². The molecule has 0 radical (unpaired) electrons. The Hall–Kier alpha value is -3.40. The van der Waals surface area contributed by atoms with Crippen LogP contribution in [0.1, 0.15) is 25.3 Å². The lowest BCUT2D eigenvalue weighted by Crippen LogP contribution is -2.45. The Kier molecular flexibility index (Phi) is 11.3. The number of aliphatic hydroxyl groups is 1. The molecule has 0 saturated heterocycles. The van der Waals surface area contributed by atoms with E-state index in [0.717, 1.165) is 11.6 Å². The maximum atomic E-state index is 12.0. The van der Waals surface area contributed by atoms with Crippen molar-refractivity contribution in [2.24, 2.45) is 5.73 Å². The Morgan fingerprint density at radius 1 is 1.17 bits per heavy atom. The van der Waals surface area contributed by atoms with Crippen LogP contribution in [0, 0.1) is 0 Å². The third kappa shape index (κ3) is 10.8. The minimum atomic E-state index is -1.20. The number of carbonyl (C=O) groups is 4. The number of carbonyl (C=O) groups excluding carboxylic acids is 4. The van der Waals surface area contributed by atoms with Gasteiger partial charge in [-0.1, -0.05) is 36.4 Å². The molecular formula is C20H27N3O7. The number of esters is 1. The van der Waals surface area contributed by atoms with Gasteiger partial charge in [-0.3, -0.25) is 9.59 Å². The second-order valence-electron chi connectivity index (χ2n) is 6.21. The minimum absolute atomic E-state index is 0.0138. The predicted octanol–water partition coefficient (Wildman–Crippen LogP) is 0.143. The van der Waals surface area contributed by atoms with Crippen molar-refractivity contribution in [3.8, 4) is 0 Å². The van der Waals surface area contributed by atoms with Gasteiger partial charge in [0.2, 0.25) is 11.8 Å². The van der Waals surface area contributed by atoms with Crippen molar-refractivity contribution in [1.82, 2.24) is 10.6 Å². The van der Waals surface area contributed by atoms with Crippen LogP contribution >= 0.6 is 0 Å². The molecule has 10 heteroatoms. The van der Waals surface area contributed by atoms with E-state index in [9.17, 15) is 24.3 Å². The van der Waals surface area contributed by atoms with Crippen molar-refractivity contribution in [2.75, 3.05) is 13.2 Å². The van der Waals surface area contributed by atoms with E-state index in [2.05, 4.69) is 10.6 Å². The molecule has 0 fully saturated rings. The van der Waals surface area contributed by atoms with Crippen molar-refractivity contribution in [2.45, 2.75) is 38.5 Å². The zero-order valence-corrected chi connectivity index (χ0v) is 16.7. The molecule has 0 heterocycles. The van der Waals surface area contributed by atoms with Gasteiger partial charge < -0.3 is 30.9 Å². The van der Waals surface area contributed by atoms with Crippen LogP contribution in [0.15, 0.2) is 42.5 Å². The molecule has 1 aromatic rings.